The Balaban J connectivity index is 3.73. The van der Waals surface area contributed by atoms with Crippen molar-refractivity contribution in [2.24, 2.45) is 0 Å². The molecule has 0 aromatic heterocycles. The van der Waals surface area contributed by atoms with E-state index >= 15 is 0 Å². The summed E-state index contributed by atoms with van der Waals surface area (Å²) in [6.45, 7) is 8.51. The lowest BCUT2D eigenvalue weighted by atomic mass is 10.3. The quantitative estimate of drug-likeness (QED) is 0.590. The maximum absolute atomic E-state index is 11.7. The fraction of sp³-hybridized carbons (Fsp3) is 1.00. The van der Waals surface area contributed by atoms with E-state index in [0.717, 1.165) is 25.7 Å². The molecule has 0 saturated carbocycles. The van der Waals surface area contributed by atoms with Gasteiger partial charge in [0.15, 0.2) is 0 Å². The third-order valence-electron chi connectivity index (χ3n) is 2.18. The van der Waals surface area contributed by atoms with Gasteiger partial charge in [0.1, 0.15) is 10.5 Å². The first-order chi connectivity index (χ1) is 5.63. The Morgan fingerprint density at radius 2 is 1.33 bits per heavy atom. The van der Waals surface area contributed by atoms with E-state index < -0.39 is 11.2 Å². The summed E-state index contributed by atoms with van der Waals surface area (Å²) in [5.74, 6) is 0. The highest BCUT2D eigenvalue weighted by Crippen LogP contribution is 2.17. The summed E-state index contributed by atoms with van der Waals surface area (Å²) in [4.78, 5) is 0. The molecular formula is C10H22OS. The molecular weight excluding hydrogens is 168 g/mol. The van der Waals surface area contributed by atoms with Gasteiger partial charge in [0, 0.05) is 0 Å². The average Bonchev–Trinajstić information content (AvgIpc) is 2.04. The van der Waals surface area contributed by atoms with E-state index in [-0.39, 0.29) is 0 Å². The molecule has 2 heteroatoms. The third-order valence-corrected chi connectivity index (χ3v) is 4.24. The van der Waals surface area contributed by atoms with Crippen molar-refractivity contribution in [1.29, 1.82) is 0 Å². The van der Waals surface area contributed by atoms with Crippen LogP contribution in [0.3, 0.4) is 0 Å². The van der Waals surface area contributed by atoms with Crippen LogP contribution in [0.2, 0.25) is 0 Å². The Hall–Kier alpha value is 0.310. The number of hydrogen-bond donors (Lipinski definition) is 0. The first-order valence-corrected chi connectivity index (χ1v) is 6.30. The van der Waals surface area contributed by atoms with Gasteiger partial charge in [-0.15, -0.1) is 0 Å². The van der Waals surface area contributed by atoms with E-state index in [9.17, 15) is 4.55 Å². The second-order valence-electron chi connectivity index (χ2n) is 3.53. The van der Waals surface area contributed by atoms with Gasteiger partial charge in [0.25, 0.3) is 0 Å². The van der Waals surface area contributed by atoms with Gasteiger partial charge in [-0.2, -0.15) is 0 Å². The second kappa shape index (κ2) is 6.79. The lowest BCUT2D eigenvalue weighted by molar-refractivity contribution is 0.555. The molecule has 0 spiro atoms. The summed E-state index contributed by atoms with van der Waals surface area (Å²) < 4.78 is 11.7. The van der Waals surface area contributed by atoms with E-state index in [4.69, 9.17) is 0 Å². The van der Waals surface area contributed by atoms with Crippen molar-refractivity contribution in [3.05, 3.63) is 0 Å². The molecule has 0 amide bonds. The molecule has 2 atom stereocenters. The van der Waals surface area contributed by atoms with Gasteiger partial charge in [0.05, 0.1) is 0 Å². The molecule has 0 aliphatic rings. The van der Waals surface area contributed by atoms with E-state index in [2.05, 4.69) is 27.7 Å². The van der Waals surface area contributed by atoms with E-state index in [1.54, 1.807) is 0 Å². The van der Waals surface area contributed by atoms with Crippen molar-refractivity contribution in [1.82, 2.24) is 0 Å². The van der Waals surface area contributed by atoms with Crippen LogP contribution in [0, 0.1) is 0 Å². The molecule has 0 radical (unpaired) electrons. The fourth-order valence-corrected chi connectivity index (χ4v) is 3.17. The van der Waals surface area contributed by atoms with Crippen LogP contribution in [0.15, 0.2) is 0 Å². The zero-order valence-electron chi connectivity index (χ0n) is 8.80. The summed E-state index contributed by atoms with van der Waals surface area (Å²) in [6, 6.07) is 0. The van der Waals surface area contributed by atoms with Crippen LogP contribution < -0.4 is 0 Å². The zero-order chi connectivity index (χ0) is 9.56. The molecule has 0 saturated heterocycles. The highest BCUT2D eigenvalue weighted by Gasteiger charge is 2.22. The highest BCUT2D eigenvalue weighted by atomic mass is 32.2. The van der Waals surface area contributed by atoms with Crippen LogP contribution >= 0.6 is 0 Å². The summed E-state index contributed by atoms with van der Waals surface area (Å²) in [5, 5.41) is 0.771. The standard InChI is InChI=1S/C10H22OS/c1-5-7-9(3)12(11)10(4)8-6-2/h9-10H,5-8H2,1-4H3. The van der Waals surface area contributed by atoms with Gasteiger partial charge in [-0.3, -0.25) is 0 Å². The summed E-state index contributed by atoms with van der Waals surface area (Å²) in [5.41, 5.74) is 0. The third kappa shape index (κ3) is 4.36. The topological polar surface area (TPSA) is 23.1 Å². The molecule has 0 bridgehead atoms. The molecule has 0 N–H and O–H groups in total. The lowest BCUT2D eigenvalue weighted by Crippen LogP contribution is -2.27. The molecule has 0 aromatic carbocycles. The molecule has 0 fully saturated rings. The zero-order valence-corrected chi connectivity index (χ0v) is 9.62. The van der Waals surface area contributed by atoms with Crippen molar-refractivity contribution in [2.45, 2.75) is 63.9 Å². The maximum atomic E-state index is 11.7. The molecule has 0 rings (SSSR count). The SMILES string of the molecule is CCCC(C)[S+]([O-])C(C)CCC. The Kier molecular flexibility index (Phi) is 6.96. The van der Waals surface area contributed by atoms with Crippen molar-refractivity contribution < 1.29 is 4.55 Å². The molecule has 74 valence electrons. The minimum atomic E-state index is -0.609. The number of hydrogen-bond acceptors (Lipinski definition) is 1. The average molecular weight is 190 g/mol. The van der Waals surface area contributed by atoms with Crippen LogP contribution in [-0.2, 0) is 11.2 Å². The van der Waals surface area contributed by atoms with Gasteiger partial charge < -0.3 is 4.55 Å². The fourth-order valence-electron chi connectivity index (χ4n) is 1.44. The summed E-state index contributed by atoms with van der Waals surface area (Å²) in [7, 11) is 0. The Morgan fingerprint density at radius 1 is 1.00 bits per heavy atom. The van der Waals surface area contributed by atoms with Gasteiger partial charge in [-0.25, -0.2) is 0 Å². The Bertz CT molecular complexity index is 94.0. The van der Waals surface area contributed by atoms with E-state index in [0.29, 0.717) is 10.5 Å². The van der Waals surface area contributed by atoms with Crippen LogP contribution in [0.5, 0.6) is 0 Å². The van der Waals surface area contributed by atoms with Crippen molar-refractivity contribution in [3.63, 3.8) is 0 Å². The minimum Gasteiger partial charge on any atom is -0.616 e. The summed E-state index contributed by atoms with van der Waals surface area (Å²) >= 11 is -0.609. The normalized spacial score (nSPS) is 18.8. The van der Waals surface area contributed by atoms with Gasteiger partial charge in [-0.1, -0.05) is 26.7 Å². The Labute approximate surface area is 80.1 Å². The van der Waals surface area contributed by atoms with Gasteiger partial charge in [-0.05, 0) is 37.9 Å². The molecule has 0 aliphatic heterocycles. The van der Waals surface area contributed by atoms with Gasteiger partial charge in [0.2, 0.25) is 0 Å². The van der Waals surface area contributed by atoms with Gasteiger partial charge >= 0.3 is 0 Å². The minimum absolute atomic E-state index is 0.386. The van der Waals surface area contributed by atoms with Crippen LogP contribution in [-0.4, -0.2) is 15.1 Å². The highest BCUT2D eigenvalue weighted by molar-refractivity contribution is 7.92. The predicted molar refractivity (Wildman–Crippen MR) is 56.9 cm³/mol. The van der Waals surface area contributed by atoms with E-state index in [1.807, 2.05) is 0 Å². The van der Waals surface area contributed by atoms with Crippen LogP contribution in [0.4, 0.5) is 0 Å². The van der Waals surface area contributed by atoms with Crippen molar-refractivity contribution in [2.75, 3.05) is 0 Å². The predicted octanol–water partition coefficient (Wildman–Crippen LogP) is 3.11. The molecule has 0 aromatic rings. The number of rotatable bonds is 6. The molecule has 0 aliphatic carbocycles. The summed E-state index contributed by atoms with van der Waals surface area (Å²) in [6.07, 6.45) is 4.48. The largest absolute Gasteiger partial charge is 0.616 e. The lowest BCUT2D eigenvalue weighted by Gasteiger charge is -2.23. The smallest absolute Gasteiger partial charge is 0.113 e. The second-order valence-corrected chi connectivity index (χ2v) is 5.79. The molecule has 1 nitrogen and oxygen atoms in total. The molecule has 2 unspecified atom stereocenters. The molecule has 12 heavy (non-hydrogen) atoms. The first-order valence-electron chi connectivity index (χ1n) is 5.02. The van der Waals surface area contributed by atoms with E-state index in [1.165, 1.54) is 0 Å². The monoisotopic (exact) mass is 190 g/mol. The van der Waals surface area contributed by atoms with Crippen LogP contribution in [0.1, 0.15) is 53.4 Å². The maximum Gasteiger partial charge on any atom is 0.113 e. The van der Waals surface area contributed by atoms with Crippen molar-refractivity contribution >= 4 is 11.2 Å². The first kappa shape index (κ1) is 12.3. The Morgan fingerprint density at radius 3 is 1.58 bits per heavy atom. The molecule has 0 heterocycles. The van der Waals surface area contributed by atoms with Crippen molar-refractivity contribution in [3.8, 4) is 0 Å². The van der Waals surface area contributed by atoms with Crippen LogP contribution in [0.25, 0.3) is 0 Å².